The molecule has 6 rings (SSSR count). The van der Waals surface area contributed by atoms with E-state index in [0.717, 1.165) is 52.7 Å². The van der Waals surface area contributed by atoms with Gasteiger partial charge in [-0.25, -0.2) is 19.7 Å². The zero-order valence-electron chi connectivity index (χ0n) is 21.2. The molecule has 4 aromatic rings. The third-order valence-corrected chi connectivity index (χ3v) is 6.75. The summed E-state index contributed by atoms with van der Waals surface area (Å²) < 4.78 is 21.8. The van der Waals surface area contributed by atoms with Crippen LogP contribution in [0.25, 0.3) is 22.0 Å². The van der Waals surface area contributed by atoms with E-state index in [4.69, 9.17) is 28.7 Å². The van der Waals surface area contributed by atoms with E-state index < -0.39 is 6.09 Å². The average Bonchev–Trinajstić information content (AvgIpc) is 3.55. The fourth-order valence-corrected chi connectivity index (χ4v) is 4.95. The summed E-state index contributed by atoms with van der Waals surface area (Å²) in [5.41, 5.74) is 4.39. The summed E-state index contributed by atoms with van der Waals surface area (Å²) in [5.74, 6) is 2.27. The third kappa shape index (κ3) is 5.04. The number of aryl methyl sites for hydroxylation is 2. The first-order valence-corrected chi connectivity index (χ1v) is 12.7. The van der Waals surface area contributed by atoms with Gasteiger partial charge in [0.1, 0.15) is 13.2 Å². The summed E-state index contributed by atoms with van der Waals surface area (Å²) in [7, 11) is 0. The van der Waals surface area contributed by atoms with Crippen molar-refractivity contribution in [2.45, 2.75) is 51.8 Å². The van der Waals surface area contributed by atoms with Crippen molar-refractivity contribution in [3.8, 4) is 22.8 Å². The molecular formula is C27H28N6O5. The van der Waals surface area contributed by atoms with Crippen molar-refractivity contribution in [2.24, 2.45) is 0 Å². The maximum Gasteiger partial charge on any atom is 0.407 e. The van der Waals surface area contributed by atoms with Crippen LogP contribution < -0.4 is 20.1 Å². The SMILES string of the molecule is Cc1cc(COC(=O)N[C@H]2CC[C@@H](Nc3nc(C)c4cc(-c5ccnc6c5OCCO6)ccc4n3)C2)on1. The topological polar surface area (TPSA) is 134 Å². The fourth-order valence-electron chi connectivity index (χ4n) is 4.95. The number of fused-ring (bicyclic) bond motifs is 2. The first-order valence-electron chi connectivity index (χ1n) is 12.7. The van der Waals surface area contributed by atoms with E-state index in [9.17, 15) is 4.79 Å². The number of ether oxygens (including phenoxy) is 3. The Morgan fingerprint density at radius 2 is 1.95 bits per heavy atom. The quantitative estimate of drug-likeness (QED) is 0.381. The van der Waals surface area contributed by atoms with Crippen molar-refractivity contribution >= 4 is 22.9 Å². The van der Waals surface area contributed by atoms with Crippen LogP contribution in [0.3, 0.4) is 0 Å². The largest absolute Gasteiger partial charge is 0.484 e. The number of alkyl carbamates (subject to hydrolysis) is 1. The zero-order valence-corrected chi connectivity index (χ0v) is 21.2. The Bertz CT molecular complexity index is 1490. The molecule has 38 heavy (non-hydrogen) atoms. The molecule has 0 bridgehead atoms. The van der Waals surface area contributed by atoms with E-state index >= 15 is 0 Å². The Hall–Kier alpha value is -4.41. The molecule has 0 spiro atoms. The Labute approximate surface area is 218 Å². The highest BCUT2D eigenvalue weighted by Crippen LogP contribution is 2.39. The molecule has 0 radical (unpaired) electrons. The molecule has 2 atom stereocenters. The van der Waals surface area contributed by atoms with Crippen LogP contribution in [0.1, 0.15) is 36.4 Å². The van der Waals surface area contributed by atoms with Crippen molar-refractivity contribution in [1.82, 2.24) is 25.4 Å². The molecule has 4 heterocycles. The van der Waals surface area contributed by atoms with Gasteiger partial charge in [0.25, 0.3) is 5.88 Å². The molecule has 1 aromatic carbocycles. The van der Waals surface area contributed by atoms with Crippen molar-refractivity contribution < 1.29 is 23.5 Å². The molecule has 0 saturated heterocycles. The fraction of sp³-hybridized carbons (Fsp3) is 0.370. The predicted octanol–water partition coefficient (Wildman–Crippen LogP) is 4.33. The highest BCUT2D eigenvalue weighted by Gasteiger charge is 2.27. The molecule has 1 saturated carbocycles. The second-order valence-electron chi connectivity index (χ2n) is 9.56. The number of anilines is 1. The summed E-state index contributed by atoms with van der Waals surface area (Å²) in [6, 6.07) is 9.91. The van der Waals surface area contributed by atoms with Crippen molar-refractivity contribution in [2.75, 3.05) is 18.5 Å². The average molecular weight is 517 g/mol. The number of nitrogens with zero attached hydrogens (tertiary/aromatic N) is 4. The van der Waals surface area contributed by atoms with Gasteiger partial charge >= 0.3 is 6.09 Å². The Morgan fingerprint density at radius 1 is 1.08 bits per heavy atom. The molecule has 1 aliphatic carbocycles. The predicted molar refractivity (Wildman–Crippen MR) is 138 cm³/mol. The Morgan fingerprint density at radius 3 is 2.82 bits per heavy atom. The first-order chi connectivity index (χ1) is 18.5. The number of hydrogen-bond acceptors (Lipinski definition) is 10. The molecule has 11 heteroatoms. The standard InChI is InChI=1S/C27H28N6O5/c1-15-11-20(38-33-15)14-37-27(34)31-19-5-4-18(13-19)30-26-29-16(2)22-12-17(3-6-23(22)32-26)21-7-8-28-25-24(21)35-9-10-36-25/h3,6-8,11-12,18-19H,4-5,9-10,13-14H2,1-2H3,(H,31,34)(H,29,30,32)/t18-,19+/m1/s1. The van der Waals surface area contributed by atoms with Crippen LogP contribution in [0, 0.1) is 13.8 Å². The number of nitrogens with one attached hydrogen (secondary N) is 2. The zero-order chi connectivity index (χ0) is 26.1. The van der Waals surface area contributed by atoms with Crippen LogP contribution in [0.4, 0.5) is 10.7 Å². The minimum absolute atomic E-state index is 0.0121. The number of hydrogen-bond donors (Lipinski definition) is 2. The first kappa shape index (κ1) is 24.0. The van der Waals surface area contributed by atoms with Gasteiger partial charge < -0.3 is 29.4 Å². The minimum Gasteiger partial charge on any atom is -0.484 e. The lowest BCUT2D eigenvalue weighted by atomic mass is 10.0. The van der Waals surface area contributed by atoms with Crippen LogP contribution in [0.5, 0.6) is 11.6 Å². The summed E-state index contributed by atoms with van der Waals surface area (Å²) in [6.45, 7) is 4.84. The van der Waals surface area contributed by atoms with Gasteiger partial charge in [0, 0.05) is 35.3 Å². The van der Waals surface area contributed by atoms with E-state index in [2.05, 4.69) is 26.8 Å². The van der Waals surface area contributed by atoms with Gasteiger partial charge in [-0.3, -0.25) is 0 Å². The highest BCUT2D eigenvalue weighted by molar-refractivity contribution is 5.88. The molecule has 2 aliphatic rings. The lowest BCUT2D eigenvalue weighted by Gasteiger charge is -2.20. The van der Waals surface area contributed by atoms with E-state index in [1.165, 1.54) is 0 Å². The molecule has 1 amide bonds. The van der Waals surface area contributed by atoms with Crippen molar-refractivity contribution in [3.63, 3.8) is 0 Å². The molecule has 3 aromatic heterocycles. The maximum atomic E-state index is 12.2. The number of carbonyl (C=O) groups excluding carboxylic acids is 1. The number of amides is 1. The highest BCUT2D eigenvalue weighted by atomic mass is 16.6. The maximum absolute atomic E-state index is 12.2. The van der Waals surface area contributed by atoms with Crippen molar-refractivity contribution in [1.29, 1.82) is 0 Å². The number of benzene rings is 1. The van der Waals surface area contributed by atoms with Crippen molar-refractivity contribution in [3.05, 3.63) is 53.7 Å². The van der Waals surface area contributed by atoms with Gasteiger partial charge in [-0.1, -0.05) is 11.2 Å². The molecular weight excluding hydrogens is 488 g/mol. The monoisotopic (exact) mass is 516 g/mol. The number of carbonyl (C=O) groups is 1. The van der Waals surface area contributed by atoms with E-state index in [1.807, 2.05) is 32.0 Å². The van der Waals surface area contributed by atoms with Gasteiger partial charge in [-0.05, 0) is 56.9 Å². The smallest absolute Gasteiger partial charge is 0.407 e. The van der Waals surface area contributed by atoms with Gasteiger partial charge in [-0.15, -0.1) is 0 Å². The van der Waals surface area contributed by atoms with Gasteiger partial charge in [0.05, 0.1) is 16.9 Å². The summed E-state index contributed by atoms with van der Waals surface area (Å²) >= 11 is 0. The second kappa shape index (κ2) is 10.2. The summed E-state index contributed by atoms with van der Waals surface area (Å²) in [6.07, 6.45) is 3.74. The lowest BCUT2D eigenvalue weighted by molar-refractivity contribution is 0.124. The van der Waals surface area contributed by atoms with E-state index in [1.54, 1.807) is 12.3 Å². The molecule has 0 unspecified atom stereocenters. The van der Waals surface area contributed by atoms with Gasteiger partial charge in [0.2, 0.25) is 5.95 Å². The van der Waals surface area contributed by atoms with Crippen LogP contribution in [0.15, 0.2) is 41.1 Å². The lowest BCUT2D eigenvalue weighted by Crippen LogP contribution is -2.34. The van der Waals surface area contributed by atoms with Crippen LogP contribution in [0.2, 0.25) is 0 Å². The number of pyridine rings is 1. The molecule has 1 aliphatic heterocycles. The molecule has 2 N–H and O–H groups in total. The number of rotatable bonds is 6. The van der Waals surface area contributed by atoms with E-state index in [-0.39, 0.29) is 18.7 Å². The van der Waals surface area contributed by atoms with Gasteiger partial charge in [-0.2, -0.15) is 0 Å². The number of aromatic nitrogens is 4. The van der Waals surface area contributed by atoms with Crippen LogP contribution >= 0.6 is 0 Å². The molecule has 11 nitrogen and oxygen atoms in total. The Balaban J connectivity index is 1.10. The minimum atomic E-state index is -0.467. The Kier molecular flexibility index (Phi) is 6.40. The second-order valence-corrected chi connectivity index (χ2v) is 9.56. The van der Waals surface area contributed by atoms with Crippen LogP contribution in [-0.2, 0) is 11.3 Å². The van der Waals surface area contributed by atoms with Crippen LogP contribution in [-0.4, -0.2) is 51.5 Å². The van der Waals surface area contributed by atoms with E-state index in [0.29, 0.717) is 36.6 Å². The van der Waals surface area contributed by atoms with Gasteiger partial charge in [0.15, 0.2) is 18.1 Å². The molecule has 1 fully saturated rings. The molecule has 196 valence electrons. The normalized spacial score (nSPS) is 18.4. The summed E-state index contributed by atoms with van der Waals surface area (Å²) in [4.78, 5) is 25.9. The third-order valence-electron chi connectivity index (χ3n) is 6.75. The summed E-state index contributed by atoms with van der Waals surface area (Å²) in [5, 5.41) is 11.1.